The van der Waals surface area contributed by atoms with E-state index in [-0.39, 0.29) is 11.3 Å². The number of hydrogen-bond acceptors (Lipinski definition) is 2. The zero-order chi connectivity index (χ0) is 15.3. The SMILES string of the molecule is CC(C)(CCN)CCC(=O)Nc1ccc(Br)c(Cl)c1Cl. The number of anilines is 1. The van der Waals surface area contributed by atoms with Crippen LogP contribution in [0.4, 0.5) is 5.69 Å². The molecule has 1 amide bonds. The summed E-state index contributed by atoms with van der Waals surface area (Å²) in [5, 5.41) is 3.52. The predicted molar refractivity (Wildman–Crippen MR) is 89.5 cm³/mol. The van der Waals surface area contributed by atoms with Gasteiger partial charge in [0.15, 0.2) is 0 Å². The van der Waals surface area contributed by atoms with Gasteiger partial charge in [-0.05, 0) is 52.9 Å². The maximum atomic E-state index is 12.0. The molecule has 0 saturated heterocycles. The van der Waals surface area contributed by atoms with Crippen LogP contribution in [-0.2, 0) is 4.79 Å². The summed E-state index contributed by atoms with van der Waals surface area (Å²) in [6, 6.07) is 3.48. The van der Waals surface area contributed by atoms with E-state index in [4.69, 9.17) is 28.9 Å². The van der Waals surface area contributed by atoms with Crippen molar-refractivity contribution < 1.29 is 4.79 Å². The monoisotopic (exact) mass is 380 g/mol. The Hall–Kier alpha value is -0.290. The highest BCUT2D eigenvalue weighted by atomic mass is 79.9. The second-order valence-electron chi connectivity index (χ2n) is 5.47. The van der Waals surface area contributed by atoms with Gasteiger partial charge in [-0.2, -0.15) is 0 Å². The summed E-state index contributed by atoms with van der Waals surface area (Å²) < 4.78 is 0.700. The number of rotatable bonds is 6. The van der Waals surface area contributed by atoms with E-state index in [1.54, 1.807) is 12.1 Å². The van der Waals surface area contributed by atoms with Crippen molar-refractivity contribution >= 4 is 50.7 Å². The van der Waals surface area contributed by atoms with Crippen molar-refractivity contribution in [2.45, 2.75) is 33.1 Å². The van der Waals surface area contributed by atoms with Crippen LogP contribution >= 0.6 is 39.1 Å². The fourth-order valence-electron chi connectivity index (χ4n) is 1.80. The number of nitrogens with two attached hydrogens (primary N) is 1. The van der Waals surface area contributed by atoms with Crippen molar-refractivity contribution in [2.75, 3.05) is 11.9 Å². The van der Waals surface area contributed by atoms with Crippen LogP contribution in [0.5, 0.6) is 0 Å². The number of hydrogen-bond donors (Lipinski definition) is 2. The first-order valence-corrected chi connectivity index (χ1v) is 7.95. The lowest BCUT2D eigenvalue weighted by Crippen LogP contribution is -2.20. The van der Waals surface area contributed by atoms with E-state index in [0.29, 0.717) is 33.2 Å². The van der Waals surface area contributed by atoms with Crippen molar-refractivity contribution in [1.29, 1.82) is 0 Å². The number of benzene rings is 1. The molecule has 0 aliphatic heterocycles. The smallest absolute Gasteiger partial charge is 0.224 e. The molecular formula is C14H19BrCl2N2O. The Labute approximate surface area is 138 Å². The van der Waals surface area contributed by atoms with Crippen molar-refractivity contribution in [2.24, 2.45) is 11.1 Å². The molecule has 0 radical (unpaired) electrons. The van der Waals surface area contributed by atoms with Gasteiger partial charge in [0.2, 0.25) is 5.91 Å². The van der Waals surface area contributed by atoms with Crippen LogP contribution in [0.3, 0.4) is 0 Å². The Kier molecular flexibility index (Phi) is 6.79. The van der Waals surface area contributed by atoms with Gasteiger partial charge in [-0.3, -0.25) is 4.79 Å². The van der Waals surface area contributed by atoms with Crippen LogP contribution in [0.15, 0.2) is 16.6 Å². The van der Waals surface area contributed by atoms with Gasteiger partial charge in [0.1, 0.15) is 0 Å². The minimum atomic E-state index is -0.0737. The molecule has 3 nitrogen and oxygen atoms in total. The zero-order valence-electron chi connectivity index (χ0n) is 11.6. The topological polar surface area (TPSA) is 55.1 Å². The molecule has 0 heterocycles. The highest BCUT2D eigenvalue weighted by Gasteiger charge is 2.19. The Bertz CT molecular complexity index is 492. The summed E-state index contributed by atoms with van der Waals surface area (Å²) >= 11 is 15.4. The number of nitrogens with one attached hydrogen (secondary N) is 1. The molecular weight excluding hydrogens is 363 g/mol. The van der Waals surface area contributed by atoms with Crippen LogP contribution < -0.4 is 11.1 Å². The van der Waals surface area contributed by atoms with Crippen molar-refractivity contribution in [3.63, 3.8) is 0 Å². The minimum absolute atomic E-state index is 0.0627. The highest BCUT2D eigenvalue weighted by Crippen LogP contribution is 2.36. The summed E-state index contributed by atoms with van der Waals surface area (Å²) in [5.74, 6) is -0.0737. The summed E-state index contributed by atoms with van der Waals surface area (Å²) in [6.07, 6.45) is 2.10. The van der Waals surface area contributed by atoms with E-state index >= 15 is 0 Å². The maximum absolute atomic E-state index is 12.0. The fourth-order valence-corrected chi connectivity index (χ4v) is 2.62. The standard InChI is InChI=1S/C14H19BrCl2N2O/c1-14(2,7-8-18)6-5-11(20)19-10-4-3-9(15)12(16)13(10)17/h3-4H,5-8,18H2,1-2H3,(H,19,20). The second kappa shape index (κ2) is 7.64. The molecule has 0 aliphatic rings. The third kappa shape index (κ3) is 5.24. The first kappa shape index (κ1) is 17.8. The fraction of sp³-hybridized carbons (Fsp3) is 0.500. The van der Waals surface area contributed by atoms with Crippen molar-refractivity contribution in [3.8, 4) is 0 Å². The van der Waals surface area contributed by atoms with Crippen molar-refractivity contribution in [3.05, 3.63) is 26.7 Å². The molecule has 0 unspecified atom stereocenters. The molecule has 0 spiro atoms. The van der Waals surface area contributed by atoms with Gasteiger partial charge in [0, 0.05) is 10.9 Å². The van der Waals surface area contributed by atoms with Gasteiger partial charge < -0.3 is 11.1 Å². The Balaban J connectivity index is 2.62. The molecule has 112 valence electrons. The molecule has 0 fully saturated rings. The van der Waals surface area contributed by atoms with E-state index < -0.39 is 0 Å². The quantitative estimate of drug-likeness (QED) is 0.692. The summed E-state index contributed by atoms with van der Waals surface area (Å²) in [5.41, 5.74) is 6.15. The Morgan fingerprint density at radius 1 is 1.30 bits per heavy atom. The van der Waals surface area contributed by atoms with Crippen LogP contribution in [0.2, 0.25) is 10.0 Å². The molecule has 20 heavy (non-hydrogen) atoms. The highest BCUT2D eigenvalue weighted by molar-refractivity contribution is 9.10. The molecule has 0 aliphatic carbocycles. The van der Waals surface area contributed by atoms with Crippen LogP contribution in [-0.4, -0.2) is 12.5 Å². The van der Waals surface area contributed by atoms with Crippen LogP contribution in [0.25, 0.3) is 0 Å². The Morgan fingerprint density at radius 2 is 1.95 bits per heavy atom. The molecule has 0 atom stereocenters. The van der Waals surface area contributed by atoms with Crippen LogP contribution in [0, 0.1) is 5.41 Å². The number of carbonyl (C=O) groups excluding carboxylic acids is 1. The van der Waals surface area contributed by atoms with E-state index in [1.807, 2.05) is 0 Å². The summed E-state index contributed by atoms with van der Waals surface area (Å²) in [7, 11) is 0. The molecule has 6 heteroatoms. The molecule has 0 saturated carbocycles. The van der Waals surface area contributed by atoms with Gasteiger partial charge in [0.05, 0.1) is 15.7 Å². The number of carbonyl (C=O) groups is 1. The minimum Gasteiger partial charge on any atom is -0.330 e. The van der Waals surface area contributed by atoms with Crippen molar-refractivity contribution in [1.82, 2.24) is 0 Å². The molecule has 3 N–H and O–H groups in total. The van der Waals surface area contributed by atoms with Gasteiger partial charge in [-0.25, -0.2) is 0 Å². The van der Waals surface area contributed by atoms with E-state index in [2.05, 4.69) is 35.1 Å². The van der Waals surface area contributed by atoms with Gasteiger partial charge in [0.25, 0.3) is 0 Å². The first-order valence-electron chi connectivity index (χ1n) is 6.40. The van der Waals surface area contributed by atoms with Gasteiger partial charge in [-0.15, -0.1) is 0 Å². The molecule has 1 rings (SSSR count). The first-order chi connectivity index (χ1) is 9.26. The lowest BCUT2D eigenvalue weighted by Gasteiger charge is -2.23. The maximum Gasteiger partial charge on any atom is 0.224 e. The lowest BCUT2D eigenvalue weighted by molar-refractivity contribution is -0.116. The lowest BCUT2D eigenvalue weighted by atomic mass is 9.84. The molecule has 1 aromatic rings. The third-order valence-corrected chi connectivity index (χ3v) is 4.93. The zero-order valence-corrected chi connectivity index (χ0v) is 14.7. The number of amides is 1. The Morgan fingerprint density at radius 3 is 2.55 bits per heavy atom. The summed E-state index contributed by atoms with van der Waals surface area (Å²) in [6.45, 7) is 4.84. The van der Waals surface area contributed by atoms with Crippen LogP contribution in [0.1, 0.15) is 33.1 Å². The molecule has 0 aromatic heterocycles. The van der Waals surface area contributed by atoms with E-state index in [9.17, 15) is 4.79 Å². The third-order valence-electron chi connectivity index (χ3n) is 3.16. The second-order valence-corrected chi connectivity index (χ2v) is 7.08. The average molecular weight is 382 g/mol. The molecule has 1 aromatic carbocycles. The summed E-state index contributed by atoms with van der Waals surface area (Å²) in [4.78, 5) is 12.0. The normalized spacial score (nSPS) is 11.5. The van der Waals surface area contributed by atoms with Gasteiger partial charge >= 0.3 is 0 Å². The van der Waals surface area contributed by atoms with Gasteiger partial charge in [-0.1, -0.05) is 37.0 Å². The molecule has 0 bridgehead atoms. The van der Waals surface area contributed by atoms with E-state index in [1.165, 1.54) is 0 Å². The largest absolute Gasteiger partial charge is 0.330 e. The average Bonchev–Trinajstić information content (AvgIpc) is 2.37. The number of halogens is 3. The predicted octanol–water partition coefficient (Wildman–Crippen LogP) is 4.85. The van der Waals surface area contributed by atoms with E-state index in [0.717, 1.165) is 12.8 Å².